The van der Waals surface area contributed by atoms with Crippen LogP contribution in [-0.2, 0) is 14.8 Å². The molecule has 0 aliphatic heterocycles. The van der Waals surface area contributed by atoms with Gasteiger partial charge in [0.15, 0.2) is 0 Å². The Labute approximate surface area is 118 Å². The lowest BCUT2D eigenvalue weighted by Crippen LogP contribution is -2.39. The molecule has 1 saturated carbocycles. The van der Waals surface area contributed by atoms with Gasteiger partial charge in [-0.3, -0.25) is 4.79 Å². The Morgan fingerprint density at radius 1 is 1.25 bits per heavy atom. The lowest BCUT2D eigenvalue weighted by molar-refractivity contribution is -0.125. The first-order chi connectivity index (χ1) is 9.42. The van der Waals surface area contributed by atoms with Crippen LogP contribution in [0.5, 0.6) is 0 Å². The van der Waals surface area contributed by atoms with Gasteiger partial charge in [0.2, 0.25) is 5.91 Å². The van der Waals surface area contributed by atoms with Gasteiger partial charge < -0.3 is 0 Å². The van der Waals surface area contributed by atoms with Gasteiger partial charge in [-0.15, -0.1) is 0 Å². The molecule has 0 bridgehead atoms. The van der Waals surface area contributed by atoms with E-state index >= 15 is 0 Å². The summed E-state index contributed by atoms with van der Waals surface area (Å²) in [5.74, 6) is -1.55. The van der Waals surface area contributed by atoms with Gasteiger partial charge in [0.25, 0.3) is 10.0 Å². The number of carbonyl (C=O) groups is 1. The molecule has 4 nitrogen and oxygen atoms in total. The maximum atomic E-state index is 13.5. The molecule has 0 spiro atoms. The molecule has 1 aliphatic rings. The average molecular weight is 299 g/mol. The number of benzene rings is 1. The summed E-state index contributed by atoms with van der Waals surface area (Å²) in [7, 11) is -4.14. The van der Waals surface area contributed by atoms with Crippen molar-refractivity contribution in [3.63, 3.8) is 0 Å². The van der Waals surface area contributed by atoms with E-state index in [-0.39, 0.29) is 11.8 Å². The summed E-state index contributed by atoms with van der Waals surface area (Å²) >= 11 is 0. The first-order valence-corrected chi connectivity index (χ1v) is 8.21. The second kappa shape index (κ2) is 5.91. The minimum absolute atomic E-state index is 0.152. The van der Waals surface area contributed by atoms with Crippen LogP contribution < -0.4 is 4.72 Å². The molecule has 1 fully saturated rings. The standard InChI is InChI=1S/C14H18FNO3S/c1-10-6-2-3-7-11(10)14(17)16-20(18,19)13-9-5-4-8-12(13)15/h4-5,8-11H,2-3,6-7H2,1H3,(H,16,17). The summed E-state index contributed by atoms with van der Waals surface area (Å²) < 4.78 is 39.6. The van der Waals surface area contributed by atoms with Gasteiger partial charge in [-0.25, -0.2) is 17.5 Å². The van der Waals surface area contributed by atoms with Crippen molar-refractivity contribution in [3.8, 4) is 0 Å². The highest BCUT2D eigenvalue weighted by atomic mass is 32.2. The zero-order chi connectivity index (χ0) is 14.8. The van der Waals surface area contributed by atoms with Crippen LogP contribution in [-0.4, -0.2) is 14.3 Å². The fraction of sp³-hybridized carbons (Fsp3) is 0.500. The summed E-state index contributed by atoms with van der Waals surface area (Å²) in [6.07, 6.45) is 3.57. The second-order valence-corrected chi connectivity index (χ2v) is 6.92. The topological polar surface area (TPSA) is 63.2 Å². The van der Waals surface area contributed by atoms with Crippen molar-refractivity contribution in [1.82, 2.24) is 4.72 Å². The van der Waals surface area contributed by atoms with Gasteiger partial charge in [0, 0.05) is 5.92 Å². The number of sulfonamides is 1. The van der Waals surface area contributed by atoms with E-state index in [1.165, 1.54) is 12.1 Å². The molecule has 0 aromatic heterocycles. The predicted molar refractivity (Wildman–Crippen MR) is 72.9 cm³/mol. The number of rotatable bonds is 3. The maximum absolute atomic E-state index is 13.5. The highest BCUT2D eigenvalue weighted by molar-refractivity contribution is 7.90. The normalized spacial score (nSPS) is 23.3. The van der Waals surface area contributed by atoms with Gasteiger partial charge in [0.05, 0.1) is 0 Å². The van der Waals surface area contributed by atoms with E-state index in [1.807, 2.05) is 11.6 Å². The van der Waals surface area contributed by atoms with Crippen LogP contribution in [0, 0.1) is 17.7 Å². The van der Waals surface area contributed by atoms with Crippen molar-refractivity contribution in [2.75, 3.05) is 0 Å². The van der Waals surface area contributed by atoms with E-state index in [9.17, 15) is 17.6 Å². The molecule has 2 rings (SSSR count). The summed E-state index contributed by atoms with van der Waals surface area (Å²) in [6, 6.07) is 5.03. The van der Waals surface area contributed by atoms with Gasteiger partial charge in [-0.1, -0.05) is 31.9 Å². The molecule has 1 aromatic rings. The van der Waals surface area contributed by atoms with Crippen LogP contribution in [0.2, 0.25) is 0 Å². The first-order valence-electron chi connectivity index (χ1n) is 6.73. The van der Waals surface area contributed by atoms with E-state index < -0.39 is 26.6 Å². The van der Waals surface area contributed by atoms with Gasteiger partial charge in [-0.2, -0.15) is 0 Å². The Balaban J connectivity index is 2.16. The molecule has 0 saturated heterocycles. The molecular formula is C14H18FNO3S. The van der Waals surface area contributed by atoms with Crippen molar-refractivity contribution in [3.05, 3.63) is 30.1 Å². The number of amides is 1. The quantitative estimate of drug-likeness (QED) is 0.932. The van der Waals surface area contributed by atoms with Crippen molar-refractivity contribution in [2.45, 2.75) is 37.5 Å². The minimum Gasteiger partial charge on any atom is -0.274 e. The van der Waals surface area contributed by atoms with E-state index in [4.69, 9.17) is 0 Å². The minimum atomic E-state index is -4.14. The molecule has 2 atom stereocenters. The fourth-order valence-electron chi connectivity index (χ4n) is 2.63. The van der Waals surface area contributed by atoms with E-state index in [0.29, 0.717) is 6.42 Å². The first kappa shape index (κ1) is 15.0. The average Bonchev–Trinajstić information content (AvgIpc) is 2.38. The zero-order valence-corrected chi connectivity index (χ0v) is 12.1. The SMILES string of the molecule is CC1CCCCC1C(=O)NS(=O)(=O)c1ccccc1F. The fourth-order valence-corrected chi connectivity index (χ4v) is 3.74. The Bertz CT molecular complexity index is 600. The third-order valence-electron chi connectivity index (χ3n) is 3.81. The van der Waals surface area contributed by atoms with Crippen molar-refractivity contribution < 1.29 is 17.6 Å². The van der Waals surface area contributed by atoms with Gasteiger partial charge >= 0.3 is 0 Å². The highest BCUT2D eigenvalue weighted by Crippen LogP contribution is 2.30. The maximum Gasteiger partial charge on any atom is 0.266 e. The van der Waals surface area contributed by atoms with Crippen molar-refractivity contribution >= 4 is 15.9 Å². The number of hydrogen-bond donors (Lipinski definition) is 1. The molecule has 1 aromatic carbocycles. The Morgan fingerprint density at radius 2 is 1.90 bits per heavy atom. The number of hydrogen-bond acceptors (Lipinski definition) is 3. The summed E-state index contributed by atoms with van der Waals surface area (Å²) in [6.45, 7) is 1.94. The van der Waals surface area contributed by atoms with Crippen molar-refractivity contribution in [1.29, 1.82) is 0 Å². The van der Waals surface area contributed by atoms with Crippen molar-refractivity contribution in [2.24, 2.45) is 11.8 Å². The molecule has 0 heterocycles. The summed E-state index contributed by atoms with van der Waals surface area (Å²) in [4.78, 5) is 11.6. The number of nitrogens with one attached hydrogen (secondary N) is 1. The van der Waals surface area contributed by atoms with Crippen LogP contribution in [0.3, 0.4) is 0 Å². The van der Waals surface area contributed by atoms with Crippen LogP contribution in [0.25, 0.3) is 0 Å². The second-order valence-electron chi connectivity index (χ2n) is 5.27. The smallest absolute Gasteiger partial charge is 0.266 e. The van der Waals surface area contributed by atoms with Crippen LogP contribution in [0.1, 0.15) is 32.6 Å². The summed E-state index contributed by atoms with van der Waals surface area (Å²) in [5, 5.41) is 0. The monoisotopic (exact) mass is 299 g/mol. The molecule has 1 aliphatic carbocycles. The van der Waals surface area contributed by atoms with Crippen LogP contribution >= 0.6 is 0 Å². The third-order valence-corrected chi connectivity index (χ3v) is 5.19. The third kappa shape index (κ3) is 3.17. The largest absolute Gasteiger partial charge is 0.274 e. The molecule has 20 heavy (non-hydrogen) atoms. The van der Waals surface area contributed by atoms with Gasteiger partial charge in [-0.05, 0) is 30.9 Å². The van der Waals surface area contributed by atoms with Crippen LogP contribution in [0.4, 0.5) is 4.39 Å². The van der Waals surface area contributed by atoms with E-state index in [1.54, 1.807) is 0 Å². The van der Waals surface area contributed by atoms with Gasteiger partial charge in [0.1, 0.15) is 10.7 Å². The van der Waals surface area contributed by atoms with E-state index in [2.05, 4.69) is 0 Å². The molecular weight excluding hydrogens is 281 g/mol. The van der Waals surface area contributed by atoms with E-state index in [0.717, 1.165) is 31.4 Å². The predicted octanol–water partition coefficient (Wildman–Crippen LogP) is 2.46. The number of carbonyl (C=O) groups excluding carboxylic acids is 1. The molecule has 6 heteroatoms. The Kier molecular flexibility index (Phi) is 4.42. The molecule has 1 N–H and O–H groups in total. The number of halogens is 1. The summed E-state index contributed by atoms with van der Waals surface area (Å²) in [5.41, 5.74) is 0. The molecule has 1 amide bonds. The molecule has 2 unspecified atom stereocenters. The lowest BCUT2D eigenvalue weighted by atomic mass is 9.80. The lowest BCUT2D eigenvalue weighted by Gasteiger charge is -2.27. The Morgan fingerprint density at radius 3 is 2.55 bits per heavy atom. The Hall–Kier alpha value is -1.43. The van der Waals surface area contributed by atoms with Crippen LogP contribution in [0.15, 0.2) is 29.2 Å². The zero-order valence-electron chi connectivity index (χ0n) is 11.3. The highest BCUT2D eigenvalue weighted by Gasteiger charge is 2.31. The molecule has 0 radical (unpaired) electrons. The molecule has 110 valence electrons.